The van der Waals surface area contributed by atoms with Crippen molar-refractivity contribution in [1.29, 1.82) is 0 Å². The molecule has 0 spiro atoms. The van der Waals surface area contributed by atoms with Crippen molar-refractivity contribution in [3.8, 4) is 11.8 Å². The largest absolute Gasteiger partial charge is 0.494 e. The number of nitrogens with zero attached hydrogens (tertiary/aromatic N) is 1. The Bertz CT molecular complexity index is 308. The van der Waals surface area contributed by atoms with Crippen molar-refractivity contribution in [2.75, 3.05) is 12.3 Å². The molecular weight excluding hydrogens is 216 g/mol. The summed E-state index contributed by atoms with van der Waals surface area (Å²) in [5.74, 6) is 0.558. The number of aldehydes is 1. The van der Waals surface area contributed by atoms with E-state index in [1.54, 1.807) is 0 Å². The Kier molecular flexibility index (Phi) is 4.51. The monoisotopic (exact) mass is 230 g/mol. The van der Waals surface area contributed by atoms with Crippen LogP contribution < -0.4 is 5.73 Å². The Labute approximate surface area is 91.9 Å². The SMILES string of the molecule is NCCSC(CC=O)n1c(O)ccc1O. The molecule has 0 bridgehead atoms. The molecule has 1 rings (SSSR count). The quantitative estimate of drug-likeness (QED) is 0.625. The van der Waals surface area contributed by atoms with Crippen molar-refractivity contribution in [2.45, 2.75) is 11.8 Å². The highest BCUT2D eigenvalue weighted by Crippen LogP contribution is 2.34. The fraction of sp³-hybridized carbons (Fsp3) is 0.444. The standard InChI is InChI=1S/C9H14N2O3S/c10-4-6-15-9(3-5-12)11-7(13)1-2-8(11)14/h1-2,5,9,13-14H,3-4,6,10H2. The Balaban J connectivity index is 2.82. The predicted octanol–water partition coefficient (Wildman–Crippen LogP) is 0.679. The number of aromatic nitrogens is 1. The minimum Gasteiger partial charge on any atom is -0.494 e. The van der Waals surface area contributed by atoms with E-state index in [4.69, 9.17) is 5.73 Å². The van der Waals surface area contributed by atoms with Gasteiger partial charge in [0.05, 0.1) is 5.37 Å². The molecule has 0 aliphatic carbocycles. The van der Waals surface area contributed by atoms with Gasteiger partial charge < -0.3 is 20.7 Å². The Hall–Kier alpha value is -1.14. The molecule has 0 fully saturated rings. The van der Waals surface area contributed by atoms with Crippen LogP contribution in [-0.2, 0) is 4.79 Å². The summed E-state index contributed by atoms with van der Waals surface area (Å²) in [5, 5.41) is 18.6. The topological polar surface area (TPSA) is 88.5 Å². The highest BCUT2D eigenvalue weighted by Gasteiger charge is 2.17. The normalized spacial score (nSPS) is 12.6. The van der Waals surface area contributed by atoms with Gasteiger partial charge in [-0.05, 0) is 0 Å². The van der Waals surface area contributed by atoms with Crippen LogP contribution in [-0.4, -0.2) is 33.4 Å². The molecule has 0 aliphatic rings. The molecule has 15 heavy (non-hydrogen) atoms. The number of nitrogens with two attached hydrogens (primary N) is 1. The number of thioether (sulfide) groups is 1. The van der Waals surface area contributed by atoms with Gasteiger partial charge in [0.1, 0.15) is 6.29 Å². The van der Waals surface area contributed by atoms with Crippen LogP contribution in [0.2, 0.25) is 0 Å². The smallest absolute Gasteiger partial charge is 0.194 e. The third-order valence-electron chi connectivity index (χ3n) is 1.89. The van der Waals surface area contributed by atoms with Crippen molar-refractivity contribution in [1.82, 2.24) is 4.57 Å². The van der Waals surface area contributed by atoms with Crippen molar-refractivity contribution in [3.63, 3.8) is 0 Å². The number of aromatic hydroxyl groups is 2. The third-order valence-corrected chi connectivity index (χ3v) is 3.15. The first-order valence-electron chi connectivity index (χ1n) is 4.55. The van der Waals surface area contributed by atoms with E-state index >= 15 is 0 Å². The second kappa shape index (κ2) is 5.67. The van der Waals surface area contributed by atoms with E-state index in [0.717, 1.165) is 6.29 Å². The molecule has 0 aliphatic heterocycles. The minimum absolute atomic E-state index is 0.0520. The third kappa shape index (κ3) is 2.90. The molecule has 6 heteroatoms. The average Bonchev–Trinajstić information content (AvgIpc) is 2.54. The lowest BCUT2D eigenvalue weighted by Gasteiger charge is -2.17. The van der Waals surface area contributed by atoms with Crippen molar-refractivity contribution >= 4 is 18.0 Å². The van der Waals surface area contributed by atoms with Gasteiger partial charge in [-0.25, -0.2) is 0 Å². The summed E-state index contributed by atoms with van der Waals surface area (Å²) < 4.78 is 1.31. The maximum Gasteiger partial charge on any atom is 0.194 e. The molecule has 0 saturated carbocycles. The summed E-state index contributed by atoms with van der Waals surface area (Å²) in [6.45, 7) is 0.489. The highest BCUT2D eigenvalue weighted by molar-refractivity contribution is 7.99. The van der Waals surface area contributed by atoms with Gasteiger partial charge in [0.2, 0.25) is 0 Å². The Morgan fingerprint density at radius 2 is 2.07 bits per heavy atom. The second-order valence-corrected chi connectivity index (χ2v) is 4.22. The molecule has 84 valence electrons. The molecule has 0 amide bonds. The van der Waals surface area contributed by atoms with Crippen LogP contribution in [0.3, 0.4) is 0 Å². The van der Waals surface area contributed by atoms with Crippen LogP contribution in [0.25, 0.3) is 0 Å². The summed E-state index contributed by atoms with van der Waals surface area (Å²) in [6.07, 6.45) is 0.980. The Morgan fingerprint density at radius 3 is 2.53 bits per heavy atom. The average molecular weight is 230 g/mol. The van der Waals surface area contributed by atoms with Crippen molar-refractivity contribution in [2.24, 2.45) is 5.73 Å². The van der Waals surface area contributed by atoms with Gasteiger partial charge in [-0.3, -0.25) is 4.57 Å². The molecule has 0 saturated heterocycles. The molecule has 5 nitrogen and oxygen atoms in total. The van der Waals surface area contributed by atoms with E-state index in [1.807, 2.05) is 0 Å². The van der Waals surface area contributed by atoms with Crippen LogP contribution in [0.1, 0.15) is 11.8 Å². The molecule has 1 unspecified atom stereocenters. The number of rotatable bonds is 6. The summed E-state index contributed by atoms with van der Waals surface area (Å²) in [4.78, 5) is 10.5. The number of carbonyl (C=O) groups is 1. The molecule has 1 aromatic rings. The minimum atomic E-state index is -0.305. The first-order valence-corrected chi connectivity index (χ1v) is 5.60. The van der Waals surface area contributed by atoms with Crippen LogP contribution in [0.4, 0.5) is 0 Å². The van der Waals surface area contributed by atoms with Gasteiger partial charge in [-0.15, -0.1) is 11.8 Å². The van der Waals surface area contributed by atoms with Gasteiger partial charge in [-0.2, -0.15) is 0 Å². The zero-order chi connectivity index (χ0) is 11.3. The zero-order valence-corrected chi connectivity index (χ0v) is 8.98. The highest BCUT2D eigenvalue weighted by atomic mass is 32.2. The molecule has 1 atom stereocenters. The summed E-state index contributed by atoms with van der Waals surface area (Å²) in [6, 6.07) is 2.77. The van der Waals surface area contributed by atoms with E-state index in [-0.39, 0.29) is 23.6 Å². The molecule has 0 aromatic carbocycles. The Morgan fingerprint density at radius 1 is 1.47 bits per heavy atom. The fourth-order valence-corrected chi connectivity index (χ4v) is 2.24. The molecule has 1 aromatic heterocycles. The number of hydrogen-bond acceptors (Lipinski definition) is 5. The number of carbonyl (C=O) groups excluding carboxylic acids is 1. The van der Waals surface area contributed by atoms with Gasteiger partial charge in [-0.1, -0.05) is 0 Å². The first kappa shape index (κ1) is 11.9. The van der Waals surface area contributed by atoms with E-state index in [2.05, 4.69) is 0 Å². The van der Waals surface area contributed by atoms with Crippen molar-refractivity contribution < 1.29 is 15.0 Å². The lowest BCUT2D eigenvalue weighted by atomic mass is 10.4. The summed E-state index contributed by atoms with van der Waals surface area (Å²) >= 11 is 1.42. The van der Waals surface area contributed by atoms with Crippen molar-refractivity contribution in [3.05, 3.63) is 12.1 Å². The van der Waals surface area contributed by atoms with Gasteiger partial charge in [0, 0.05) is 30.9 Å². The van der Waals surface area contributed by atoms with E-state index in [1.165, 1.54) is 28.5 Å². The van der Waals surface area contributed by atoms with E-state index in [9.17, 15) is 15.0 Å². The molecule has 0 radical (unpaired) electrons. The lowest BCUT2D eigenvalue weighted by Crippen LogP contribution is -2.09. The van der Waals surface area contributed by atoms with Crippen LogP contribution in [0.5, 0.6) is 11.8 Å². The van der Waals surface area contributed by atoms with Crippen LogP contribution in [0.15, 0.2) is 12.1 Å². The van der Waals surface area contributed by atoms with E-state index < -0.39 is 0 Å². The fourth-order valence-electron chi connectivity index (χ4n) is 1.26. The molecular formula is C9H14N2O3S. The zero-order valence-electron chi connectivity index (χ0n) is 8.17. The molecule has 1 heterocycles. The maximum absolute atomic E-state index is 10.5. The van der Waals surface area contributed by atoms with Gasteiger partial charge in [0.25, 0.3) is 0 Å². The first-order chi connectivity index (χ1) is 7.20. The maximum atomic E-state index is 10.5. The van der Waals surface area contributed by atoms with Crippen LogP contribution >= 0.6 is 11.8 Å². The lowest BCUT2D eigenvalue weighted by molar-refractivity contribution is -0.108. The van der Waals surface area contributed by atoms with Gasteiger partial charge >= 0.3 is 0 Å². The summed E-state index contributed by atoms with van der Waals surface area (Å²) in [5.41, 5.74) is 5.36. The van der Waals surface area contributed by atoms with Gasteiger partial charge in [0.15, 0.2) is 11.8 Å². The second-order valence-electron chi connectivity index (χ2n) is 2.94. The van der Waals surface area contributed by atoms with E-state index in [0.29, 0.717) is 12.3 Å². The summed E-state index contributed by atoms with van der Waals surface area (Å²) in [7, 11) is 0. The number of hydrogen-bond donors (Lipinski definition) is 3. The van der Waals surface area contributed by atoms with Crippen LogP contribution in [0, 0.1) is 0 Å². The predicted molar refractivity (Wildman–Crippen MR) is 59.0 cm³/mol. The molecule has 4 N–H and O–H groups in total.